The van der Waals surface area contributed by atoms with E-state index in [1.54, 1.807) is 17.5 Å². The quantitative estimate of drug-likeness (QED) is 0.680. The lowest BCUT2D eigenvalue weighted by Crippen LogP contribution is -2.51. The molecule has 162 valence electrons. The zero-order chi connectivity index (χ0) is 22.6. The third kappa shape index (κ3) is 5.53. The van der Waals surface area contributed by atoms with Crippen LogP contribution >= 0.6 is 11.3 Å². The van der Waals surface area contributed by atoms with Crippen LogP contribution in [0.4, 0.5) is 18.9 Å². The number of aromatic nitrogens is 2. The fourth-order valence-corrected chi connectivity index (χ4v) is 3.32. The van der Waals surface area contributed by atoms with Crippen LogP contribution in [0.3, 0.4) is 0 Å². The predicted molar refractivity (Wildman–Crippen MR) is 104 cm³/mol. The Morgan fingerprint density at radius 2 is 1.93 bits per heavy atom. The van der Waals surface area contributed by atoms with Gasteiger partial charge in [0.25, 0.3) is 11.3 Å². The van der Waals surface area contributed by atoms with Crippen molar-refractivity contribution in [3.8, 4) is 10.7 Å². The molecule has 0 aromatic carbocycles. The van der Waals surface area contributed by atoms with Gasteiger partial charge < -0.3 is 10.6 Å². The molecule has 8 nitrogen and oxygen atoms in total. The normalized spacial score (nSPS) is 12.5. The summed E-state index contributed by atoms with van der Waals surface area (Å²) in [6, 6.07) is 1.53. The first kappa shape index (κ1) is 23.3. The number of rotatable bonds is 7. The molecule has 0 aliphatic carbocycles. The Morgan fingerprint density at radius 3 is 2.43 bits per heavy atom. The minimum atomic E-state index is -5.12. The summed E-state index contributed by atoms with van der Waals surface area (Å²) in [5.41, 5.74) is -0.954. The van der Waals surface area contributed by atoms with E-state index in [0.29, 0.717) is 4.88 Å². The van der Waals surface area contributed by atoms with Crippen LogP contribution in [-0.2, 0) is 20.9 Å². The van der Waals surface area contributed by atoms with Gasteiger partial charge in [0.1, 0.15) is 12.2 Å². The van der Waals surface area contributed by atoms with Gasteiger partial charge in [0.15, 0.2) is 5.82 Å². The zero-order valence-electron chi connectivity index (χ0n) is 16.2. The first-order valence-electron chi connectivity index (χ1n) is 8.73. The van der Waals surface area contributed by atoms with Gasteiger partial charge >= 0.3 is 6.18 Å². The number of hydrogen-bond donors (Lipinski definition) is 2. The SMILES string of the molecule is CC(=O)Nc1cnc(-c2cccs2)n(CC(=O)NC(C(=O)C(F)(F)F)C(C)C)c1=O. The van der Waals surface area contributed by atoms with E-state index in [0.717, 1.165) is 10.8 Å². The highest BCUT2D eigenvalue weighted by molar-refractivity contribution is 7.13. The number of halogens is 3. The Hall–Kier alpha value is -3.02. The summed E-state index contributed by atoms with van der Waals surface area (Å²) in [6.45, 7) is 3.20. The van der Waals surface area contributed by atoms with E-state index in [2.05, 4.69) is 15.6 Å². The fraction of sp³-hybridized carbons (Fsp3) is 0.389. The molecule has 2 heterocycles. The third-order valence-corrected chi connectivity index (χ3v) is 4.81. The van der Waals surface area contributed by atoms with Crippen molar-refractivity contribution in [2.75, 3.05) is 5.32 Å². The van der Waals surface area contributed by atoms with Crippen molar-refractivity contribution >= 4 is 34.6 Å². The van der Waals surface area contributed by atoms with Crippen LogP contribution in [0.2, 0.25) is 0 Å². The fourth-order valence-electron chi connectivity index (χ4n) is 2.59. The average Bonchev–Trinajstić information content (AvgIpc) is 3.15. The number of hydrogen-bond acceptors (Lipinski definition) is 6. The zero-order valence-corrected chi connectivity index (χ0v) is 17.1. The van der Waals surface area contributed by atoms with Crippen LogP contribution in [0.5, 0.6) is 0 Å². The molecule has 0 radical (unpaired) electrons. The lowest BCUT2D eigenvalue weighted by atomic mass is 9.99. The van der Waals surface area contributed by atoms with E-state index >= 15 is 0 Å². The molecule has 0 aliphatic rings. The van der Waals surface area contributed by atoms with Gasteiger partial charge in [-0.3, -0.25) is 23.7 Å². The molecule has 0 spiro atoms. The molecular weight excluding hydrogens is 425 g/mol. The second kappa shape index (κ2) is 9.20. The molecule has 2 aromatic heterocycles. The number of carbonyl (C=O) groups excluding carboxylic acids is 3. The molecule has 2 N–H and O–H groups in total. The Labute approximate surface area is 173 Å². The molecule has 30 heavy (non-hydrogen) atoms. The van der Waals surface area contributed by atoms with Gasteiger partial charge in [-0.15, -0.1) is 11.3 Å². The summed E-state index contributed by atoms with van der Waals surface area (Å²) in [5, 5.41) is 6.05. The summed E-state index contributed by atoms with van der Waals surface area (Å²) < 4.78 is 39.4. The van der Waals surface area contributed by atoms with Crippen molar-refractivity contribution < 1.29 is 27.6 Å². The van der Waals surface area contributed by atoms with E-state index in [4.69, 9.17) is 0 Å². The van der Waals surface area contributed by atoms with Crippen LogP contribution < -0.4 is 16.2 Å². The average molecular weight is 444 g/mol. The van der Waals surface area contributed by atoms with Crippen LogP contribution in [-0.4, -0.2) is 39.4 Å². The molecule has 2 rings (SSSR count). The van der Waals surface area contributed by atoms with E-state index in [9.17, 15) is 32.3 Å². The summed E-state index contributed by atoms with van der Waals surface area (Å²) in [4.78, 5) is 52.8. The minimum Gasteiger partial charge on any atom is -0.344 e. The number of nitrogens with one attached hydrogen (secondary N) is 2. The maximum absolute atomic E-state index is 12.8. The van der Waals surface area contributed by atoms with Crippen molar-refractivity contribution in [2.45, 2.75) is 39.5 Å². The molecule has 2 amide bonds. The molecule has 1 atom stereocenters. The van der Waals surface area contributed by atoms with Gasteiger partial charge in [0.2, 0.25) is 11.8 Å². The topological polar surface area (TPSA) is 110 Å². The van der Waals surface area contributed by atoms with Gasteiger partial charge in [-0.1, -0.05) is 19.9 Å². The smallest absolute Gasteiger partial charge is 0.344 e. The molecule has 12 heteroatoms. The van der Waals surface area contributed by atoms with Crippen molar-refractivity contribution in [2.24, 2.45) is 5.92 Å². The number of Topliss-reactive ketones (excluding diaryl/α,β-unsaturated/α-hetero) is 1. The number of anilines is 1. The first-order valence-corrected chi connectivity index (χ1v) is 9.61. The summed E-state index contributed by atoms with van der Waals surface area (Å²) >= 11 is 1.23. The summed E-state index contributed by atoms with van der Waals surface area (Å²) in [5.74, 6) is -4.33. The number of thiophene rings is 1. The Balaban J connectivity index is 2.39. The second-order valence-corrected chi connectivity index (χ2v) is 7.64. The largest absolute Gasteiger partial charge is 0.452 e. The Morgan fingerprint density at radius 1 is 1.27 bits per heavy atom. The van der Waals surface area contributed by atoms with Crippen LogP contribution in [0.25, 0.3) is 10.7 Å². The van der Waals surface area contributed by atoms with E-state index in [-0.39, 0.29) is 11.5 Å². The maximum atomic E-state index is 12.8. The van der Waals surface area contributed by atoms with Crippen molar-refractivity contribution in [1.29, 1.82) is 0 Å². The molecule has 0 bridgehead atoms. The van der Waals surface area contributed by atoms with Gasteiger partial charge in [-0.05, 0) is 17.4 Å². The lowest BCUT2D eigenvalue weighted by Gasteiger charge is -2.22. The minimum absolute atomic E-state index is 0.0995. The monoisotopic (exact) mass is 444 g/mol. The van der Waals surface area contributed by atoms with Gasteiger partial charge in [0.05, 0.1) is 17.1 Å². The maximum Gasteiger partial charge on any atom is 0.452 e. The highest BCUT2D eigenvalue weighted by Gasteiger charge is 2.45. The lowest BCUT2D eigenvalue weighted by molar-refractivity contribution is -0.174. The van der Waals surface area contributed by atoms with Crippen LogP contribution in [0.1, 0.15) is 20.8 Å². The van der Waals surface area contributed by atoms with Crippen LogP contribution in [0, 0.1) is 5.92 Å². The van der Waals surface area contributed by atoms with Crippen LogP contribution in [0.15, 0.2) is 28.5 Å². The summed E-state index contributed by atoms with van der Waals surface area (Å²) in [7, 11) is 0. The first-order chi connectivity index (χ1) is 13.9. The molecule has 0 saturated heterocycles. The second-order valence-electron chi connectivity index (χ2n) is 6.70. The van der Waals surface area contributed by atoms with Crippen molar-refractivity contribution in [1.82, 2.24) is 14.9 Å². The highest BCUT2D eigenvalue weighted by atomic mass is 32.1. The van der Waals surface area contributed by atoms with Crippen molar-refractivity contribution in [3.63, 3.8) is 0 Å². The van der Waals surface area contributed by atoms with Gasteiger partial charge in [-0.2, -0.15) is 13.2 Å². The number of alkyl halides is 3. The molecule has 0 saturated carbocycles. The summed E-state index contributed by atoms with van der Waals surface area (Å²) in [6.07, 6.45) is -3.98. The van der Waals surface area contributed by atoms with E-state index in [1.807, 2.05) is 0 Å². The molecule has 0 aliphatic heterocycles. The van der Waals surface area contributed by atoms with Gasteiger partial charge in [0, 0.05) is 6.92 Å². The number of carbonyl (C=O) groups is 3. The molecule has 1 unspecified atom stereocenters. The van der Waals surface area contributed by atoms with Crippen molar-refractivity contribution in [3.05, 3.63) is 34.1 Å². The molecular formula is C18H19F3N4O4S. The number of amides is 2. The Bertz CT molecular complexity index is 1000. The molecule has 0 fully saturated rings. The Kier molecular flexibility index (Phi) is 7.13. The van der Waals surface area contributed by atoms with E-state index < -0.39 is 47.8 Å². The van der Waals surface area contributed by atoms with E-state index in [1.165, 1.54) is 32.1 Å². The standard InChI is InChI=1S/C18H19F3N4O4S/c1-9(2)14(15(28)18(19,20)21)24-13(27)8-25-16(12-5-4-6-30-12)22-7-11(17(25)29)23-10(3)26/h4-7,9,14H,8H2,1-3H3,(H,23,26)(H,24,27). The molecule has 2 aromatic rings. The number of nitrogens with zero attached hydrogens (tertiary/aromatic N) is 2. The van der Waals surface area contributed by atoms with Gasteiger partial charge in [-0.25, -0.2) is 4.98 Å². The number of ketones is 1. The predicted octanol–water partition coefficient (Wildman–Crippen LogP) is 2.20. The highest BCUT2D eigenvalue weighted by Crippen LogP contribution is 2.23. The third-order valence-electron chi connectivity index (χ3n) is 3.95.